The van der Waals surface area contributed by atoms with Gasteiger partial charge in [-0.15, -0.1) is 0 Å². The fourth-order valence-corrected chi connectivity index (χ4v) is 4.38. The first-order valence-electron chi connectivity index (χ1n) is 10.8. The molecular formula is C26H24ClN3O4. The van der Waals surface area contributed by atoms with Crippen molar-refractivity contribution in [2.75, 3.05) is 11.9 Å². The number of anilines is 1. The number of carbonyl (C=O) groups excluding carboxylic acids is 2. The molecule has 1 aliphatic carbocycles. The first-order chi connectivity index (χ1) is 16.2. The molecular weight excluding hydrogens is 454 g/mol. The summed E-state index contributed by atoms with van der Waals surface area (Å²) in [4.78, 5) is 25.2. The van der Waals surface area contributed by atoms with Crippen molar-refractivity contribution in [3.8, 4) is 11.8 Å². The lowest BCUT2D eigenvalue weighted by Gasteiger charge is -2.37. The van der Waals surface area contributed by atoms with Gasteiger partial charge in [0.1, 0.15) is 23.2 Å². The van der Waals surface area contributed by atoms with Crippen molar-refractivity contribution in [1.82, 2.24) is 0 Å². The summed E-state index contributed by atoms with van der Waals surface area (Å²) in [6.07, 6.45) is 0.933. The number of benzene rings is 2. The third kappa shape index (κ3) is 4.92. The SMILES string of the molecule is CC1(C)CC(=O)C2=C(C1)OC(N)=C(C#N)C2c1ccc(OCC(=O)Nc2ccc(Cl)cc2)cc1. The third-order valence-corrected chi connectivity index (χ3v) is 6.04. The average Bonchev–Trinajstić information content (AvgIpc) is 2.78. The summed E-state index contributed by atoms with van der Waals surface area (Å²) < 4.78 is 11.3. The number of amides is 1. The number of halogens is 1. The summed E-state index contributed by atoms with van der Waals surface area (Å²) in [6, 6.07) is 15.8. The van der Waals surface area contributed by atoms with Gasteiger partial charge < -0.3 is 20.5 Å². The van der Waals surface area contributed by atoms with Gasteiger partial charge in [0.05, 0.1) is 5.92 Å². The third-order valence-electron chi connectivity index (χ3n) is 5.79. The predicted octanol–water partition coefficient (Wildman–Crippen LogP) is 4.81. The largest absolute Gasteiger partial charge is 0.484 e. The highest BCUT2D eigenvalue weighted by Gasteiger charge is 2.42. The molecule has 174 valence electrons. The minimum absolute atomic E-state index is 0.0240. The Morgan fingerprint density at radius 2 is 1.88 bits per heavy atom. The van der Waals surface area contributed by atoms with E-state index in [4.69, 9.17) is 26.8 Å². The van der Waals surface area contributed by atoms with Crippen LogP contribution in [0.25, 0.3) is 0 Å². The minimum atomic E-state index is -0.598. The highest BCUT2D eigenvalue weighted by molar-refractivity contribution is 6.30. The van der Waals surface area contributed by atoms with Gasteiger partial charge in [0.2, 0.25) is 5.88 Å². The van der Waals surface area contributed by atoms with Gasteiger partial charge in [0, 0.05) is 29.1 Å². The number of rotatable bonds is 5. The van der Waals surface area contributed by atoms with Gasteiger partial charge in [-0.3, -0.25) is 9.59 Å². The van der Waals surface area contributed by atoms with Crippen LogP contribution in [0.1, 0.15) is 38.2 Å². The number of hydrogen-bond donors (Lipinski definition) is 2. The van der Waals surface area contributed by atoms with Crippen LogP contribution >= 0.6 is 11.6 Å². The maximum absolute atomic E-state index is 13.0. The number of hydrogen-bond acceptors (Lipinski definition) is 6. The molecule has 34 heavy (non-hydrogen) atoms. The second-order valence-electron chi connectivity index (χ2n) is 9.12. The molecule has 0 fully saturated rings. The standard InChI is InChI=1S/C26H24ClN3O4/c1-26(2)11-20(31)24-21(12-26)34-25(29)19(13-28)23(24)15-3-9-18(10-4-15)33-14-22(32)30-17-7-5-16(27)6-8-17/h3-10,23H,11-12,14,29H2,1-2H3,(H,30,32). The number of nitrogens with one attached hydrogen (secondary N) is 1. The van der Waals surface area contributed by atoms with Gasteiger partial charge in [0.25, 0.3) is 5.91 Å². The van der Waals surface area contributed by atoms with Crippen LogP contribution in [0.3, 0.4) is 0 Å². The summed E-state index contributed by atoms with van der Waals surface area (Å²) >= 11 is 5.85. The van der Waals surface area contributed by atoms with Gasteiger partial charge in [0.15, 0.2) is 12.4 Å². The van der Waals surface area contributed by atoms with E-state index in [9.17, 15) is 14.9 Å². The van der Waals surface area contributed by atoms with Gasteiger partial charge in [-0.05, 0) is 47.4 Å². The molecule has 1 unspecified atom stereocenters. The van der Waals surface area contributed by atoms with Crippen LogP contribution in [0, 0.1) is 16.7 Å². The van der Waals surface area contributed by atoms with Gasteiger partial charge in [-0.25, -0.2) is 0 Å². The van der Waals surface area contributed by atoms with E-state index in [1.54, 1.807) is 48.5 Å². The molecule has 0 spiro atoms. The van der Waals surface area contributed by atoms with Crippen LogP contribution in [0.4, 0.5) is 5.69 Å². The van der Waals surface area contributed by atoms with E-state index in [0.717, 1.165) is 5.56 Å². The molecule has 0 radical (unpaired) electrons. The number of nitrogens with zero attached hydrogens (tertiary/aromatic N) is 1. The van der Waals surface area contributed by atoms with Gasteiger partial charge in [-0.2, -0.15) is 5.26 Å². The van der Waals surface area contributed by atoms with Crippen LogP contribution in [0.5, 0.6) is 5.75 Å². The van der Waals surface area contributed by atoms with Crippen LogP contribution in [-0.4, -0.2) is 18.3 Å². The molecule has 0 saturated heterocycles. The fraction of sp³-hybridized carbons (Fsp3) is 0.269. The van der Waals surface area contributed by atoms with E-state index in [-0.39, 0.29) is 35.2 Å². The molecule has 1 aliphatic heterocycles. The number of nitrogens with two attached hydrogens (primary N) is 1. The summed E-state index contributed by atoms with van der Waals surface area (Å²) in [7, 11) is 0. The second-order valence-corrected chi connectivity index (χ2v) is 9.55. The Hall–Kier alpha value is -3.76. The summed E-state index contributed by atoms with van der Waals surface area (Å²) in [6.45, 7) is 3.82. The maximum atomic E-state index is 13.0. The van der Waals surface area contributed by atoms with Crippen molar-refractivity contribution in [2.24, 2.45) is 11.1 Å². The van der Waals surface area contributed by atoms with E-state index in [1.165, 1.54) is 0 Å². The van der Waals surface area contributed by atoms with Crippen LogP contribution in [0.2, 0.25) is 5.02 Å². The van der Waals surface area contributed by atoms with Crippen molar-refractivity contribution < 1.29 is 19.1 Å². The molecule has 3 N–H and O–H groups in total. The molecule has 1 heterocycles. The lowest BCUT2D eigenvalue weighted by molar-refractivity contribution is -0.119. The molecule has 1 atom stereocenters. The molecule has 0 aromatic heterocycles. The van der Waals surface area contributed by atoms with Crippen molar-refractivity contribution >= 4 is 29.0 Å². The first kappa shape index (κ1) is 23.4. The molecule has 0 saturated carbocycles. The number of ether oxygens (including phenoxy) is 2. The topological polar surface area (TPSA) is 114 Å². The van der Waals surface area contributed by atoms with Gasteiger partial charge in [-0.1, -0.05) is 37.6 Å². The zero-order valence-corrected chi connectivity index (χ0v) is 19.6. The van der Waals surface area contributed by atoms with E-state index < -0.39 is 5.92 Å². The summed E-state index contributed by atoms with van der Waals surface area (Å²) in [5, 5.41) is 13.0. The smallest absolute Gasteiger partial charge is 0.262 e. The maximum Gasteiger partial charge on any atom is 0.262 e. The second kappa shape index (κ2) is 9.24. The highest BCUT2D eigenvalue weighted by Crippen LogP contribution is 2.47. The summed E-state index contributed by atoms with van der Waals surface area (Å²) in [5.74, 6) is 0.0690. The molecule has 7 nitrogen and oxygen atoms in total. The van der Waals surface area contributed by atoms with Crippen LogP contribution in [-0.2, 0) is 14.3 Å². The monoisotopic (exact) mass is 477 g/mol. The number of allylic oxidation sites excluding steroid dienone is 3. The number of ketones is 1. The van der Waals surface area contributed by atoms with Crippen molar-refractivity contribution in [1.29, 1.82) is 5.26 Å². The number of Topliss-reactive ketones (excluding diaryl/α,β-unsaturated/α-hetero) is 1. The quantitative estimate of drug-likeness (QED) is 0.638. The lowest BCUT2D eigenvalue weighted by atomic mass is 9.70. The van der Waals surface area contributed by atoms with Crippen molar-refractivity contribution in [3.05, 3.63) is 81.9 Å². The number of nitriles is 1. The molecule has 4 rings (SSSR count). The molecule has 1 amide bonds. The molecule has 0 bridgehead atoms. The Labute approximate surface area is 202 Å². The Balaban J connectivity index is 1.50. The predicted molar refractivity (Wildman–Crippen MR) is 128 cm³/mol. The van der Waals surface area contributed by atoms with Crippen LogP contribution < -0.4 is 15.8 Å². The van der Waals surface area contributed by atoms with E-state index in [0.29, 0.717) is 40.6 Å². The fourth-order valence-electron chi connectivity index (χ4n) is 4.25. The Kier molecular flexibility index (Phi) is 6.36. The number of carbonyl (C=O) groups is 2. The zero-order valence-electron chi connectivity index (χ0n) is 18.9. The summed E-state index contributed by atoms with van der Waals surface area (Å²) in [5.41, 5.74) is 7.85. The molecule has 2 aliphatic rings. The first-order valence-corrected chi connectivity index (χ1v) is 11.2. The Bertz CT molecular complexity index is 1240. The average molecular weight is 478 g/mol. The van der Waals surface area contributed by atoms with Crippen LogP contribution in [0.15, 0.2) is 71.3 Å². The van der Waals surface area contributed by atoms with Crippen molar-refractivity contribution in [2.45, 2.75) is 32.6 Å². The van der Waals surface area contributed by atoms with E-state index >= 15 is 0 Å². The highest BCUT2D eigenvalue weighted by atomic mass is 35.5. The van der Waals surface area contributed by atoms with Gasteiger partial charge >= 0.3 is 0 Å². The minimum Gasteiger partial charge on any atom is -0.484 e. The normalized spacial score (nSPS) is 19.1. The molecule has 8 heteroatoms. The molecule has 2 aromatic rings. The lowest BCUT2D eigenvalue weighted by Crippen LogP contribution is -2.33. The zero-order chi connectivity index (χ0) is 24.5. The van der Waals surface area contributed by atoms with Crippen molar-refractivity contribution in [3.63, 3.8) is 0 Å². The Morgan fingerprint density at radius 3 is 2.53 bits per heavy atom. The molecule has 2 aromatic carbocycles. The Morgan fingerprint density at radius 1 is 1.21 bits per heavy atom. The van der Waals surface area contributed by atoms with E-state index in [2.05, 4.69) is 11.4 Å². The van der Waals surface area contributed by atoms with E-state index in [1.807, 2.05) is 13.8 Å².